The van der Waals surface area contributed by atoms with Crippen LogP contribution in [-0.2, 0) is 6.42 Å². The zero-order chi connectivity index (χ0) is 11.7. The molecular weight excluding hydrogens is 213 g/mol. The van der Waals surface area contributed by atoms with Crippen LogP contribution < -0.4 is 0 Å². The average Bonchev–Trinajstić information content (AvgIpc) is 2.73. The van der Waals surface area contributed by atoms with Gasteiger partial charge >= 0.3 is 0 Å². The fraction of sp³-hybridized carbons (Fsp3) is 0.133. The van der Waals surface area contributed by atoms with E-state index in [2.05, 4.69) is 17.1 Å². The van der Waals surface area contributed by atoms with Crippen molar-refractivity contribution < 1.29 is 4.39 Å². The Bertz CT molecular complexity index is 587. The van der Waals surface area contributed by atoms with Gasteiger partial charge in [-0.3, -0.25) is 4.99 Å². The SMILES string of the molecule is Fc1cccc(N=C2CCc3ccccc32)c1. The molecular formula is C15H12FN. The van der Waals surface area contributed by atoms with E-state index in [-0.39, 0.29) is 5.82 Å². The molecule has 0 aliphatic heterocycles. The van der Waals surface area contributed by atoms with E-state index in [1.54, 1.807) is 6.07 Å². The van der Waals surface area contributed by atoms with Crippen LogP contribution in [-0.4, -0.2) is 5.71 Å². The molecule has 2 heteroatoms. The van der Waals surface area contributed by atoms with Crippen molar-refractivity contribution in [2.45, 2.75) is 12.8 Å². The summed E-state index contributed by atoms with van der Waals surface area (Å²) in [6, 6.07) is 14.7. The van der Waals surface area contributed by atoms with Crippen LogP contribution in [0.5, 0.6) is 0 Å². The van der Waals surface area contributed by atoms with Gasteiger partial charge in [0.1, 0.15) is 5.82 Å². The number of benzene rings is 2. The average molecular weight is 225 g/mol. The number of fused-ring (bicyclic) bond motifs is 1. The molecule has 0 amide bonds. The Morgan fingerprint density at radius 1 is 0.941 bits per heavy atom. The van der Waals surface area contributed by atoms with Crippen molar-refractivity contribution in [3.8, 4) is 0 Å². The van der Waals surface area contributed by atoms with E-state index in [0.29, 0.717) is 5.69 Å². The first kappa shape index (κ1) is 10.2. The highest BCUT2D eigenvalue weighted by atomic mass is 19.1. The molecule has 1 aliphatic rings. The Morgan fingerprint density at radius 2 is 1.82 bits per heavy atom. The van der Waals surface area contributed by atoms with Crippen LogP contribution in [0.2, 0.25) is 0 Å². The molecule has 0 N–H and O–H groups in total. The smallest absolute Gasteiger partial charge is 0.125 e. The van der Waals surface area contributed by atoms with Gasteiger partial charge in [-0.25, -0.2) is 4.39 Å². The van der Waals surface area contributed by atoms with E-state index in [9.17, 15) is 4.39 Å². The van der Waals surface area contributed by atoms with Crippen LogP contribution in [0.3, 0.4) is 0 Å². The summed E-state index contributed by atoms with van der Waals surface area (Å²) in [6.07, 6.45) is 1.97. The molecule has 0 aromatic heterocycles. The first-order valence-electron chi connectivity index (χ1n) is 5.74. The summed E-state index contributed by atoms with van der Waals surface area (Å²) < 4.78 is 13.1. The lowest BCUT2D eigenvalue weighted by molar-refractivity contribution is 0.628. The van der Waals surface area contributed by atoms with Gasteiger partial charge in [0.05, 0.1) is 5.69 Å². The highest BCUT2D eigenvalue weighted by Gasteiger charge is 2.16. The molecule has 0 fully saturated rings. The quantitative estimate of drug-likeness (QED) is 0.698. The number of hydrogen-bond acceptors (Lipinski definition) is 1. The molecule has 0 heterocycles. The predicted molar refractivity (Wildman–Crippen MR) is 67.4 cm³/mol. The maximum absolute atomic E-state index is 13.1. The molecule has 3 rings (SSSR count). The summed E-state index contributed by atoms with van der Waals surface area (Å²) in [4.78, 5) is 4.54. The standard InChI is InChI=1S/C15H12FN/c16-12-5-3-6-13(10-12)17-15-9-8-11-4-1-2-7-14(11)15/h1-7,10H,8-9H2. The molecule has 1 aliphatic carbocycles. The van der Waals surface area contributed by atoms with Crippen molar-refractivity contribution in [1.82, 2.24) is 0 Å². The Labute approximate surface area is 99.6 Å². The summed E-state index contributed by atoms with van der Waals surface area (Å²) in [6.45, 7) is 0. The largest absolute Gasteiger partial charge is 0.253 e. The fourth-order valence-electron chi connectivity index (χ4n) is 2.23. The maximum Gasteiger partial charge on any atom is 0.125 e. The third kappa shape index (κ3) is 1.98. The van der Waals surface area contributed by atoms with Crippen LogP contribution in [0.1, 0.15) is 17.5 Å². The fourth-order valence-corrected chi connectivity index (χ4v) is 2.23. The normalized spacial score (nSPS) is 16.2. The molecule has 0 bridgehead atoms. The summed E-state index contributed by atoms with van der Waals surface area (Å²) in [5.74, 6) is -0.238. The van der Waals surface area contributed by atoms with Gasteiger partial charge in [0.2, 0.25) is 0 Å². The zero-order valence-corrected chi connectivity index (χ0v) is 9.36. The van der Waals surface area contributed by atoms with Gasteiger partial charge in [-0.15, -0.1) is 0 Å². The topological polar surface area (TPSA) is 12.4 Å². The van der Waals surface area contributed by atoms with Crippen molar-refractivity contribution in [2.75, 3.05) is 0 Å². The molecule has 0 radical (unpaired) electrons. The zero-order valence-electron chi connectivity index (χ0n) is 9.36. The lowest BCUT2D eigenvalue weighted by Gasteiger charge is -2.00. The van der Waals surface area contributed by atoms with Crippen molar-refractivity contribution in [1.29, 1.82) is 0 Å². The van der Waals surface area contributed by atoms with Crippen molar-refractivity contribution in [3.63, 3.8) is 0 Å². The second kappa shape index (κ2) is 4.13. The molecule has 0 unspecified atom stereocenters. The molecule has 0 atom stereocenters. The second-order valence-electron chi connectivity index (χ2n) is 4.20. The van der Waals surface area contributed by atoms with E-state index in [4.69, 9.17) is 0 Å². The van der Waals surface area contributed by atoms with E-state index >= 15 is 0 Å². The van der Waals surface area contributed by atoms with Gasteiger partial charge in [-0.1, -0.05) is 30.3 Å². The molecule has 0 saturated carbocycles. The Kier molecular flexibility index (Phi) is 2.48. The van der Waals surface area contributed by atoms with E-state index < -0.39 is 0 Å². The van der Waals surface area contributed by atoms with Crippen LogP contribution >= 0.6 is 0 Å². The number of hydrogen-bond donors (Lipinski definition) is 0. The number of rotatable bonds is 1. The highest BCUT2D eigenvalue weighted by molar-refractivity contribution is 6.05. The Balaban J connectivity index is 2.02. The van der Waals surface area contributed by atoms with E-state index in [1.807, 2.05) is 18.2 Å². The van der Waals surface area contributed by atoms with Crippen LogP contribution in [0.15, 0.2) is 53.5 Å². The minimum Gasteiger partial charge on any atom is -0.253 e. The lowest BCUT2D eigenvalue weighted by atomic mass is 10.1. The molecule has 2 aromatic rings. The van der Waals surface area contributed by atoms with Crippen LogP contribution in [0.4, 0.5) is 10.1 Å². The summed E-state index contributed by atoms with van der Waals surface area (Å²) in [5.41, 5.74) is 4.29. The number of nitrogens with zero attached hydrogens (tertiary/aromatic N) is 1. The Hall–Kier alpha value is -1.96. The third-order valence-electron chi connectivity index (χ3n) is 3.03. The second-order valence-corrected chi connectivity index (χ2v) is 4.20. The number of aliphatic imine (C=N–C) groups is 1. The van der Waals surface area contributed by atoms with Crippen molar-refractivity contribution >= 4 is 11.4 Å². The molecule has 1 nitrogen and oxygen atoms in total. The van der Waals surface area contributed by atoms with Gasteiger partial charge in [0.15, 0.2) is 0 Å². The highest BCUT2D eigenvalue weighted by Crippen LogP contribution is 2.25. The maximum atomic E-state index is 13.1. The molecule has 2 aromatic carbocycles. The molecule has 84 valence electrons. The molecule has 0 spiro atoms. The summed E-state index contributed by atoms with van der Waals surface area (Å²) in [5, 5.41) is 0. The van der Waals surface area contributed by atoms with Crippen molar-refractivity contribution in [3.05, 3.63) is 65.5 Å². The third-order valence-corrected chi connectivity index (χ3v) is 3.03. The van der Waals surface area contributed by atoms with Gasteiger partial charge in [0, 0.05) is 5.71 Å². The lowest BCUT2D eigenvalue weighted by Crippen LogP contribution is -1.93. The molecule has 17 heavy (non-hydrogen) atoms. The molecule has 0 saturated heterocycles. The van der Waals surface area contributed by atoms with E-state index in [0.717, 1.165) is 18.6 Å². The van der Waals surface area contributed by atoms with Crippen molar-refractivity contribution in [2.24, 2.45) is 4.99 Å². The van der Waals surface area contributed by atoms with Gasteiger partial charge < -0.3 is 0 Å². The van der Waals surface area contributed by atoms with Gasteiger partial charge in [0.25, 0.3) is 0 Å². The minimum atomic E-state index is -0.238. The predicted octanol–water partition coefficient (Wildman–Crippen LogP) is 3.89. The first-order chi connectivity index (χ1) is 8.33. The number of halogens is 1. The van der Waals surface area contributed by atoms with E-state index in [1.165, 1.54) is 23.3 Å². The number of aryl methyl sites for hydroxylation is 1. The van der Waals surface area contributed by atoms with Gasteiger partial charge in [-0.2, -0.15) is 0 Å². The van der Waals surface area contributed by atoms with Crippen LogP contribution in [0.25, 0.3) is 0 Å². The first-order valence-corrected chi connectivity index (χ1v) is 5.74. The van der Waals surface area contributed by atoms with Crippen LogP contribution in [0, 0.1) is 5.82 Å². The monoisotopic (exact) mass is 225 g/mol. The van der Waals surface area contributed by atoms with Gasteiger partial charge in [-0.05, 0) is 42.2 Å². The summed E-state index contributed by atoms with van der Waals surface area (Å²) >= 11 is 0. The minimum absolute atomic E-state index is 0.238. The summed E-state index contributed by atoms with van der Waals surface area (Å²) in [7, 11) is 0. The Morgan fingerprint density at radius 3 is 2.71 bits per heavy atom.